The number of nitrogen functional groups attached to an aromatic ring is 1. The van der Waals surface area contributed by atoms with Crippen LogP contribution in [-0.4, -0.2) is 14.0 Å². The highest BCUT2D eigenvalue weighted by molar-refractivity contribution is 7.89. The normalized spacial score (nSPS) is 12.8. The Bertz CT molecular complexity index is 472. The highest BCUT2D eigenvalue weighted by Crippen LogP contribution is 2.17. The average Bonchev–Trinajstić information content (AvgIpc) is 1.96. The van der Waals surface area contributed by atoms with E-state index < -0.39 is 21.4 Å². The summed E-state index contributed by atoms with van der Waals surface area (Å²) in [5.41, 5.74) is 4.84. The van der Waals surface area contributed by atoms with Crippen molar-refractivity contribution >= 4 is 15.7 Å². The fraction of sp³-hybridized carbons (Fsp3) is 0.400. The highest BCUT2D eigenvalue weighted by Gasteiger charge is 2.22. The zero-order chi connectivity index (χ0) is 12.6. The zero-order valence-electron chi connectivity index (χ0n) is 9.41. The molecule has 0 saturated heterocycles. The number of nitrogens with one attached hydrogen (secondary N) is 1. The topological polar surface area (TPSA) is 72.2 Å². The summed E-state index contributed by atoms with van der Waals surface area (Å²) in [6, 6.07) is 3.22. The van der Waals surface area contributed by atoms with Crippen molar-refractivity contribution < 1.29 is 12.8 Å². The van der Waals surface area contributed by atoms with E-state index in [-0.39, 0.29) is 10.6 Å². The third-order valence-electron chi connectivity index (χ3n) is 1.64. The van der Waals surface area contributed by atoms with E-state index in [4.69, 9.17) is 5.73 Å². The summed E-state index contributed by atoms with van der Waals surface area (Å²) in [7, 11) is -3.73. The molecule has 0 radical (unpaired) electrons. The summed E-state index contributed by atoms with van der Waals surface area (Å²) >= 11 is 0. The van der Waals surface area contributed by atoms with Gasteiger partial charge in [0.25, 0.3) is 0 Å². The lowest BCUT2D eigenvalue weighted by Crippen LogP contribution is -2.40. The molecule has 0 spiro atoms. The summed E-state index contributed by atoms with van der Waals surface area (Å²) in [5, 5.41) is 0. The van der Waals surface area contributed by atoms with Crippen LogP contribution in [0.4, 0.5) is 10.1 Å². The maximum atomic E-state index is 13.0. The van der Waals surface area contributed by atoms with Crippen LogP contribution in [-0.2, 0) is 10.0 Å². The molecule has 0 heterocycles. The molecule has 0 aliphatic rings. The molecule has 0 amide bonds. The number of halogens is 1. The van der Waals surface area contributed by atoms with E-state index in [1.807, 2.05) is 0 Å². The Morgan fingerprint density at radius 3 is 2.25 bits per heavy atom. The molecular formula is C10H15FN2O2S. The lowest BCUT2D eigenvalue weighted by Gasteiger charge is -2.20. The SMILES string of the molecule is CC(C)(C)NS(=O)(=O)c1cc(N)cc(F)c1. The van der Waals surface area contributed by atoms with Crippen molar-refractivity contribution in [1.82, 2.24) is 4.72 Å². The molecule has 0 saturated carbocycles. The molecule has 1 aromatic rings. The molecule has 0 aromatic heterocycles. The van der Waals surface area contributed by atoms with E-state index in [1.54, 1.807) is 20.8 Å². The highest BCUT2D eigenvalue weighted by atomic mass is 32.2. The number of sulfonamides is 1. The van der Waals surface area contributed by atoms with Gasteiger partial charge in [-0.05, 0) is 39.0 Å². The average molecular weight is 246 g/mol. The van der Waals surface area contributed by atoms with Crippen LogP contribution < -0.4 is 10.5 Å². The Kier molecular flexibility index (Phi) is 3.25. The van der Waals surface area contributed by atoms with Gasteiger partial charge >= 0.3 is 0 Å². The van der Waals surface area contributed by atoms with Crippen molar-refractivity contribution in [2.75, 3.05) is 5.73 Å². The number of anilines is 1. The maximum Gasteiger partial charge on any atom is 0.241 e. The predicted molar refractivity (Wildman–Crippen MR) is 60.9 cm³/mol. The van der Waals surface area contributed by atoms with Gasteiger partial charge in [-0.1, -0.05) is 0 Å². The van der Waals surface area contributed by atoms with Crippen molar-refractivity contribution in [2.45, 2.75) is 31.2 Å². The fourth-order valence-corrected chi connectivity index (χ4v) is 2.68. The van der Waals surface area contributed by atoms with Crippen molar-refractivity contribution in [3.63, 3.8) is 0 Å². The lowest BCUT2D eigenvalue weighted by atomic mass is 10.1. The first-order chi connectivity index (χ1) is 7.10. The van der Waals surface area contributed by atoms with Crippen LogP contribution in [0.1, 0.15) is 20.8 Å². The summed E-state index contributed by atoms with van der Waals surface area (Å²) in [4.78, 5) is -0.167. The van der Waals surface area contributed by atoms with Crippen LogP contribution in [0.2, 0.25) is 0 Å². The molecule has 0 bridgehead atoms. The van der Waals surface area contributed by atoms with Gasteiger partial charge < -0.3 is 5.73 Å². The summed E-state index contributed by atoms with van der Waals surface area (Å²) in [6.07, 6.45) is 0. The maximum absolute atomic E-state index is 13.0. The standard InChI is InChI=1S/C10H15FN2O2S/c1-10(2,3)13-16(14,15)9-5-7(11)4-8(12)6-9/h4-6,13H,12H2,1-3H3. The Labute approximate surface area is 94.7 Å². The quantitative estimate of drug-likeness (QED) is 0.776. The van der Waals surface area contributed by atoms with Crippen molar-refractivity contribution in [1.29, 1.82) is 0 Å². The minimum absolute atomic E-state index is 0.0780. The molecule has 90 valence electrons. The van der Waals surface area contributed by atoms with Crippen LogP contribution in [0.5, 0.6) is 0 Å². The Balaban J connectivity index is 3.18. The van der Waals surface area contributed by atoms with Crippen LogP contribution in [0, 0.1) is 5.82 Å². The summed E-state index contributed by atoms with van der Waals surface area (Å²) in [6.45, 7) is 5.10. The lowest BCUT2D eigenvalue weighted by molar-refractivity contribution is 0.491. The Morgan fingerprint density at radius 2 is 1.81 bits per heavy atom. The van der Waals surface area contributed by atoms with Crippen LogP contribution in [0.15, 0.2) is 23.1 Å². The molecule has 0 atom stereocenters. The largest absolute Gasteiger partial charge is 0.399 e. The molecule has 3 N–H and O–H groups in total. The second-order valence-electron chi connectivity index (χ2n) is 4.58. The summed E-state index contributed by atoms with van der Waals surface area (Å²) in [5.74, 6) is -0.672. The molecule has 0 unspecified atom stereocenters. The summed E-state index contributed by atoms with van der Waals surface area (Å²) < 4.78 is 39.1. The van der Waals surface area contributed by atoms with E-state index >= 15 is 0 Å². The molecular weight excluding hydrogens is 231 g/mol. The second-order valence-corrected chi connectivity index (χ2v) is 6.26. The van der Waals surface area contributed by atoms with E-state index in [9.17, 15) is 12.8 Å². The molecule has 0 aliphatic carbocycles. The van der Waals surface area contributed by atoms with Gasteiger partial charge in [0.05, 0.1) is 4.90 Å². The van der Waals surface area contributed by atoms with Crippen LogP contribution >= 0.6 is 0 Å². The van der Waals surface area contributed by atoms with E-state index in [0.29, 0.717) is 0 Å². The van der Waals surface area contributed by atoms with E-state index in [2.05, 4.69) is 4.72 Å². The smallest absolute Gasteiger partial charge is 0.241 e. The van der Waals surface area contributed by atoms with Gasteiger partial charge in [-0.15, -0.1) is 0 Å². The zero-order valence-corrected chi connectivity index (χ0v) is 10.2. The number of nitrogens with two attached hydrogens (primary N) is 1. The third kappa shape index (κ3) is 3.46. The van der Waals surface area contributed by atoms with Crippen molar-refractivity contribution in [2.24, 2.45) is 0 Å². The van der Waals surface area contributed by atoms with Gasteiger partial charge in [0.1, 0.15) is 5.82 Å². The molecule has 1 rings (SSSR count). The van der Waals surface area contributed by atoms with Gasteiger partial charge in [-0.2, -0.15) is 0 Å². The number of benzene rings is 1. The third-order valence-corrected chi connectivity index (χ3v) is 3.38. The fourth-order valence-electron chi connectivity index (χ4n) is 1.20. The molecule has 16 heavy (non-hydrogen) atoms. The molecule has 6 heteroatoms. The minimum atomic E-state index is -3.73. The van der Waals surface area contributed by atoms with Gasteiger partial charge in [0.2, 0.25) is 10.0 Å². The van der Waals surface area contributed by atoms with Crippen molar-refractivity contribution in [3.8, 4) is 0 Å². The number of hydrogen-bond donors (Lipinski definition) is 2. The van der Waals surface area contributed by atoms with Crippen LogP contribution in [0.3, 0.4) is 0 Å². The van der Waals surface area contributed by atoms with E-state index in [0.717, 1.165) is 12.1 Å². The van der Waals surface area contributed by atoms with Gasteiger partial charge in [0, 0.05) is 11.2 Å². The predicted octanol–water partition coefficient (Wildman–Crippen LogP) is 1.48. The first-order valence-electron chi connectivity index (χ1n) is 4.70. The first-order valence-corrected chi connectivity index (χ1v) is 6.18. The van der Waals surface area contributed by atoms with Gasteiger partial charge in [-0.3, -0.25) is 0 Å². The monoisotopic (exact) mass is 246 g/mol. The molecule has 1 aromatic carbocycles. The molecule has 0 aliphatic heterocycles. The van der Waals surface area contributed by atoms with Crippen molar-refractivity contribution in [3.05, 3.63) is 24.0 Å². The number of rotatable bonds is 2. The second kappa shape index (κ2) is 4.03. The first kappa shape index (κ1) is 12.9. The Morgan fingerprint density at radius 1 is 1.25 bits per heavy atom. The van der Waals surface area contributed by atoms with Gasteiger partial charge in [0.15, 0.2) is 0 Å². The molecule has 4 nitrogen and oxygen atoms in total. The number of hydrogen-bond acceptors (Lipinski definition) is 3. The minimum Gasteiger partial charge on any atom is -0.399 e. The van der Waals surface area contributed by atoms with E-state index in [1.165, 1.54) is 6.07 Å². The van der Waals surface area contributed by atoms with Gasteiger partial charge in [-0.25, -0.2) is 17.5 Å². The Hall–Kier alpha value is -1.14. The van der Waals surface area contributed by atoms with Crippen LogP contribution in [0.25, 0.3) is 0 Å². The molecule has 0 fully saturated rings.